The highest BCUT2D eigenvalue weighted by atomic mass is 127. The van der Waals surface area contributed by atoms with E-state index in [0.29, 0.717) is 13.1 Å². The fourth-order valence-corrected chi connectivity index (χ4v) is 1.97. The summed E-state index contributed by atoms with van der Waals surface area (Å²) in [6.07, 6.45) is 1.55. The van der Waals surface area contributed by atoms with Gasteiger partial charge in [0.15, 0.2) is 5.96 Å². The van der Waals surface area contributed by atoms with Crippen molar-refractivity contribution in [2.75, 3.05) is 7.05 Å². The molecule has 0 atom stereocenters. The van der Waals surface area contributed by atoms with Gasteiger partial charge in [-0.05, 0) is 13.8 Å². The van der Waals surface area contributed by atoms with E-state index in [4.69, 9.17) is 4.52 Å². The first kappa shape index (κ1) is 17.5. The van der Waals surface area contributed by atoms with Crippen LogP contribution in [0.15, 0.2) is 21.8 Å². The van der Waals surface area contributed by atoms with Crippen molar-refractivity contribution in [3.8, 4) is 0 Å². The van der Waals surface area contributed by atoms with Gasteiger partial charge in [-0.2, -0.15) is 5.10 Å². The van der Waals surface area contributed by atoms with Crippen LogP contribution in [0.3, 0.4) is 0 Å². The molecule has 0 aliphatic heterocycles. The van der Waals surface area contributed by atoms with Gasteiger partial charge in [-0.25, -0.2) is 0 Å². The van der Waals surface area contributed by atoms with Crippen LogP contribution in [0.2, 0.25) is 0 Å². The van der Waals surface area contributed by atoms with Gasteiger partial charge >= 0.3 is 0 Å². The minimum absolute atomic E-state index is 0. The van der Waals surface area contributed by atoms with Crippen LogP contribution in [0.25, 0.3) is 0 Å². The summed E-state index contributed by atoms with van der Waals surface area (Å²) in [6.45, 7) is 5.32. The third-order valence-corrected chi connectivity index (χ3v) is 3.24. The Hall–Kier alpha value is -1.58. The van der Waals surface area contributed by atoms with Gasteiger partial charge in [-0.1, -0.05) is 5.16 Å². The van der Waals surface area contributed by atoms with Gasteiger partial charge in [0.2, 0.25) is 0 Å². The summed E-state index contributed by atoms with van der Waals surface area (Å²) in [7, 11) is 3.69. The molecule has 0 spiro atoms. The SMILES string of the molecule is CN=C(NCc1ccon1)NCc1c(C)nn(C)c1C.I. The summed E-state index contributed by atoms with van der Waals surface area (Å²) in [5, 5.41) is 14.7. The minimum Gasteiger partial charge on any atom is -0.364 e. The molecule has 0 fully saturated rings. The number of aliphatic imine (C=N–C) groups is 1. The number of hydrogen-bond acceptors (Lipinski definition) is 4. The van der Waals surface area contributed by atoms with E-state index < -0.39 is 0 Å². The van der Waals surface area contributed by atoms with E-state index in [9.17, 15) is 0 Å². The Morgan fingerprint density at radius 1 is 1.33 bits per heavy atom. The number of nitrogens with zero attached hydrogens (tertiary/aromatic N) is 4. The molecule has 2 heterocycles. The van der Waals surface area contributed by atoms with Gasteiger partial charge in [0.05, 0.1) is 12.2 Å². The van der Waals surface area contributed by atoms with Crippen molar-refractivity contribution in [2.24, 2.45) is 12.0 Å². The molecule has 0 amide bonds. The van der Waals surface area contributed by atoms with Crippen LogP contribution in [-0.2, 0) is 20.1 Å². The summed E-state index contributed by atoms with van der Waals surface area (Å²) >= 11 is 0. The maximum absolute atomic E-state index is 4.78. The van der Waals surface area contributed by atoms with Crippen LogP contribution in [0, 0.1) is 13.8 Å². The highest BCUT2D eigenvalue weighted by Gasteiger charge is 2.09. The summed E-state index contributed by atoms with van der Waals surface area (Å²) in [5.74, 6) is 0.718. The summed E-state index contributed by atoms with van der Waals surface area (Å²) in [4.78, 5) is 4.18. The van der Waals surface area contributed by atoms with E-state index in [1.54, 1.807) is 13.3 Å². The molecule has 0 aromatic carbocycles. The fraction of sp³-hybridized carbons (Fsp3) is 0.462. The molecule has 116 valence electrons. The molecule has 2 aromatic heterocycles. The third-order valence-electron chi connectivity index (χ3n) is 3.24. The number of hydrogen-bond donors (Lipinski definition) is 2. The smallest absolute Gasteiger partial charge is 0.191 e. The van der Waals surface area contributed by atoms with E-state index in [1.165, 1.54) is 5.56 Å². The van der Waals surface area contributed by atoms with Crippen LogP contribution < -0.4 is 10.6 Å². The molecule has 8 heteroatoms. The first-order valence-electron chi connectivity index (χ1n) is 6.44. The zero-order chi connectivity index (χ0) is 14.5. The predicted molar refractivity (Wildman–Crippen MR) is 91.6 cm³/mol. The van der Waals surface area contributed by atoms with Crippen LogP contribution in [-0.4, -0.2) is 27.9 Å². The average molecular weight is 404 g/mol. The van der Waals surface area contributed by atoms with Gasteiger partial charge in [0.25, 0.3) is 0 Å². The standard InChI is InChI=1S/C13H20N6O.HI/c1-9-12(10(2)19(4)17-9)8-16-13(14-3)15-7-11-5-6-20-18-11;/h5-6H,7-8H2,1-4H3,(H2,14,15,16);1H. The molecule has 0 saturated carbocycles. The van der Waals surface area contributed by atoms with Crippen LogP contribution in [0.4, 0.5) is 0 Å². The Bertz CT molecular complexity index is 590. The molecule has 21 heavy (non-hydrogen) atoms. The fourth-order valence-electron chi connectivity index (χ4n) is 1.97. The average Bonchev–Trinajstić information content (AvgIpc) is 3.02. The number of aryl methyl sites for hydroxylation is 2. The number of guanidine groups is 1. The van der Waals surface area contributed by atoms with Crippen LogP contribution in [0.5, 0.6) is 0 Å². The second-order valence-corrected chi connectivity index (χ2v) is 4.54. The van der Waals surface area contributed by atoms with Gasteiger partial charge in [0.1, 0.15) is 12.0 Å². The van der Waals surface area contributed by atoms with Crippen LogP contribution >= 0.6 is 24.0 Å². The van der Waals surface area contributed by atoms with Crippen molar-refractivity contribution in [1.82, 2.24) is 25.6 Å². The van der Waals surface area contributed by atoms with Crippen LogP contribution in [0.1, 0.15) is 22.6 Å². The Morgan fingerprint density at radius 2 is 2.05 bits per heavy atom. The maximum Gasteiger partial charge on any atom is 0.191 e. The van der Waals surface area contributed by atoms with Gasteiger partial charge in [-0.3, -0.25) is 9.67 Å². The lowest BCUT2D eigenvalue weighted by molar-refractivity contribution is 0.410. The first-order valence-corrected chi connectivity index (χ1v) is 6.44. The topological polar surface area (TPSA) is 80.3 Å². The number of aromatic nitrogens is 3. The molecule has 0 aliphatic rings. The number of rotatable bonds is 4. The minimum atomic E-state index is 0. The molecule has 0 saturated heterocycles. The molecule has 0 unspecified atom stereocenters. The Balaban J connectivity index is 0.00000220. The van der Waals surface area contributed by atoms with Gasteiger partial charge in [0, 0.05) is 38.0 Å². The lowest BCUT2D eigenvalue weighted by atomic mass is 10.2. The van der Waals surface area contributed by atoms with Crippen molar-refractivity contribution in [2.45, 2.75) is 26.9 Å². The van der Waals surface area contributed by atoms with Crippen molar-refractivity contribution in [1.29, 1.82) is 0 Å². The molecule has 0 radical (unpaired) electrons. The molecule has 0 aliphatic carbocycles. The first-order chi connectivity index (χ1) is 9.61. The molecule has 2 N–H and O–H groups in total. The lowest BCUT2D eigenvalue weighted by Crippen LogP contribution is -2.36. The molecular formula is C13H21IN6O. The third kappa shape index (κ3) is 4.45. The molecule has 2 rings (SSSR count). The van der Waals surface area contributed by atoms with Crippen molar-refractivity contribution in [3.05, 3.63) is 35.0 Å². The maximum atomic E-state index is 4.78. The second kappa shape index (κ2) is 8.01. The largest absolute Gasteiger partial charge is 0.364 e. The number of halogens is 1. The summed E-state index contributed by atoms with van der Waals surface area (Å²) in [6, 6.07) is 1.82. The molecule has 2 aromatic rings. The quantitative estimate of drug-likeness (QED) is 0.459. The highest BCUT2D eigenvalue weighted by Crippen LogP contribution is 2.10. The zero-order valence-corrected chi connectivity index (χ0v) is 15.0. The Morgan fingerprint density at radius 3 is 2.57 bits per heavy atom. The zero-order valence-electron chi connectivity index (χ0n) is 12.7. The van der Waals surface area contributed by atoms with E-state index in [0.717, 1.165) is 23.0 Å². The molecule has 0 bridgehead atoms. The van der Waals surface area contributed by atoms with E-state index in [1.807, 2.05) is 24.7 Å². The summed E-state index contributed by atoms with van der Waals surface area (Å²) < 4.78 is 6.67. The van der Waals surface area contributed by atoms with E-state index in [2.05, 4.69) is 32.8 Å². The van der Waals surface area contributed by atoms with Crippen molar-refractivity contribution in [3.63, 3.8) is 0 Å². The van der Waals surface area contributed by atoms with Gasteiger partial charge < -0.3 is 15.2 Å². The summed E-state index contributed by atoms with van der Waals surface area (Å²) in [5.41, 5.74) is 4.21. The van der Waals surface area contributed by atoms with E-state index >= 15 is 0 Å². The highest BCUT2D eigenvalue weighted by molar-refractivity contribution is 14.0. The normalized spacial score (nSPS) is 11.1. The lowest BCUT2D eigenvalue weighted by Gasteiger charge is -2.11. The van der Waals surface area contributed by atoms with E-state index in [-0.39, 0.29) is 24.0 Å². The predicted octanol–water partition coefficient (Wildman–Crippen LogP) is 1.51. The molecular weight excluding hydrogens is 383 g/mol. The monoisotopic (exact) mass is 404 g/mol. The van der Waals surface area contributed by atoms with Crippen molar-refractivity contribution < 1.29 is 4.52 Å². The second-order valence-electron chi connectivity index (χ2n) is 4.54. The Kier molecular flexibility index (Phi) is 6.66. The number of nitrogens with one attached hydrogen (secondary N) is 2. The van der Waals surface area contributed by atoms with Gasteiger partial charge in [-0.15, -0.1) is 24.0 Å². The van der Waals surface area contributed by atoms with Crippen molar-refractivity contribution >= 4 is 29.9 Å². The molecule has 7 nitrogen and oxygen atoms in total. The Labute approximate surface area is 141 Å².